The zero-order chi connectivity index (χ0) is 23.3. The van der Waals surface area contributed by atoms with E-state index in [9.17, 15) is 4.79 Å². The second-order valence-electron chi connectivity index (χ2n) is 7.57. The standard InChI is InChI=1S/C23H21N9O2/c1-30-14-19(11-27-30)32-6-5-22(33)21(29-32)10-17-3-2-4-18(9-17)23-25-12-20(13-26-23)34-8-7-31-16-24-15-28-31/h2-6,9,11-16H,7-8,10H2,1H3. The number of nitrogens with zero attached hydrogens (tertiary/aromatic N) is 9. The first-order valence-corrected chi connectivity index (χ1v) is 10.6. The first-order valence-electron chi connectivity index (χ1n) is 10.6. The largest absolute Gasteiger partial charge is 0.488 e. The minimum atomic E-state index is -0.116. The molecule has 0 saturated heterocycles. The van der Waals surface area contributed by atoms with Crippen LogP contribution in [0.1, 0.15) is 11.3 Å². The summed E-state index contributed by atoms with van der Waals surface area (Å²) in [5, 5.41) is 12.7. The van der Waals surface area contributed by atoms with E-state index in [0.29, 0.717) is 36.8 Å². The van der Waals surface area contributed by atoms with Crippen LogP contribution in [0, 0.1) is 0 Å². The topological polar surface area (TPSA) is 118 Å². The van der Waals surface area contributed by atoms with E-state index in [1.807, 2.05) is 37.5 Å². The minimum absolute atomic E-state index is 0.116. The number of ether oxygens (including phenoxy) is 1. The molecule has 0 spiro atoms. The van der Waals surface area contributed by atoms with Crippen LogP contribution in [0.25, 0.3) is 17.1 Å². The quantitative estimate of drug-likeness (QED) is 0.347. The van der Waals surface area contributed by atoms with Gasteiger partial charge in [0.15, 0.2) is 11.6 Å². The molecule has 5 aromatic rings. The van der Waals surface area contributed by atoms with E-state index in [4.69, 9.17) is 4.74 Å². The predicted octanol–water partition coefficient (Wildman–Crippen LogP) is 1.68. The molecule has 0 aliphatic rings. The number of aryl methyl sites for hydroxylation is 1. The molecule has 0 saturated carbocycles. The number of hydrogen-bond donors (Lipinski definition) is 0. The van der Waals surface area contributed by atoms with Gasteiger partial charge in [-0.1, -0.05) is 18.2 Å². The number of benzene rings is 1. The molecule has 0 radical (unpaired) electrons. The normalized spacial score (nSPS) is 11.0. The van der Waals surface area contributed by atoms with Crippen molar-refractivity contribution < 1.29 is 4.74 Å². The average Bonchev–Trinajstić information content (AvgIpc) is 3.53. The van der Waals surface area contributed by atoms with Gasteiger partial charge in [0.1, 0.15) is 30.6 Å². The van der Waals surface area contributed by atoms with Crippen molar-refractivity contribution in [2.45, 2.75) is 13.0 Å². The van der Waals surface area contributed by atoms with Crippen molar-refractivity contribution >= 4 is 0 Å². The summed E-state index contributed by atoms with van der Waals surface area (Å²) in [4.78, 5) is 25.2. The van der Waals surface area contributed by atoms with E-state index >= 15 is 0 Å². The number of rotatable bonds is 8. The Morgan fingerprint density at radius 2 is 1.94 bits per heavy atom. The van der Waals surface area contributed by atoms with Gasteiger partial charge in [-0.25, -0.2) is 24.3 Å². The summed E-state index contributed by atoms with van der Waals surface area (Å²) in [6, 6.07) is 9.27. The summed E-state index contributed by atoms with van der Waals surface area (Å²) in [7, 11) is 1.83. The summed E-state index contributed by atoms with van der Waals surface area (Å²) in [6.45, 7) is 1.02. The molecule has 11 nitrogen and oxygen atoms in total. The second-order valence-corrected chi connectivity index (χ2v) is 7.57. The molecule has 0 aliphatic carbocycles. The minimum Gasteiger partial charge on any atom is -0.488 e. The zero-order valence-electron chi connectivity index (χ0n) is 18.4. The van der Waals surface area contributed by atoms with Crippen molar-refractivity contribution in [3.05, 3.63) is 95.5 Å². The van der Waals surface area contributed by atoms with Crippen LogP contribution in [-0.4, -0.2) is 50.9 Å². The molecular formula is C23H21N9O2. The molecular weight excluding hydrogens is 434 g/mol. The van der Waals surface area contributed by atoms with Crippen molar-refractivity contribution in [3.63, 3.8) is 0 Å². The monoisotopic (exact) mass is 455 g/mol. The van der Waals surface area contributed by atoms with E-state index in [1.165, 1.54) is 12.4 Å². The van der Waals surface area contributed by atoms with Gasteiger partial charge in [-0.3, -0.25) is 9.48 Å². The van der Waals surface area contributed by atoms with Crippen molar-refractivity contribution in [1.82, 2.24) is 44.3 Å². The lowest BCUT2D eigenvalue weighted by atomic mass is 10.1. The first-order chi connectivity index (χ1) is 16.6. The van der Waals surface area contributed by atoms with Crippen LogP contribution in [0.3, 0.4) is 0 Å². The smallest absolute Gasteiger partial charge is 0.203 e. The molecule has 0 amide bonds. The van der Waals surface area contributed by atoms with Gasteiger partial charge >= 0.3 is 0 Å². The fourth-order valence-electron chi connectivity index (χ4n) is 3.40. The van der Waals surface area contributed by atoms with Crippen LogP contribution < -0.4 is 10.2 Å². The summed E-state index contributed by atoms with van der Waals surface area (Å²) in [5.41, 5.74) is 2.89. The average molecular weight is 455 g/mol. The third-order valence-corrected chi connectivity index (χ3v) is 5.08. The highest BCUT2D eigenvalue weighted by Crippen LogP contribution is 2.19. The first kappa shape index (κ1) is 21.2. The summed E-state index contributed by atoms with van der Waals surface area (Å²) in [6.07, 6.45) is 12.0. The maximum Gasteiger partial charge on any atom is 0.203 e. The van der Waals surface area contributed by atoms with E-state index < -0.39 is 0 Å². The molecule has 0 N–H and O–H groups in total. The predicted molar refractivity (Wildman–Crippen MR) is 122 cm³/mol. The molecule has 4 heterocycles. The fourth-order valence-corrected chi connectivity index (χ4v) is 3.40. The zero-order valence-corrected chi connectivity index (χ0v) is 18.4. The van der Waals surface area contributed by atoms with E-state index in [2.05, 4.69) is 30.2 Å². The Morgan fingerprint density at radius 3 is 2.71 bits per heavy atom. The Labute approximate surface area is 194 Å². The van der Waals surface area contributed by atoms with Crippen LogP contribution in [-0.2, 0) is 20.0 Å². The highest BCUT2D eigenvalue weighted by atomic mass is 16.5. The molecule has 5 rings (SSSR count). The maximum atomic E-state index is 12.4. The van der Waals surface area contributed by atoms with Crippen LogP contribution in [0.5, 0.6) is 5.75 Å². The molecule has 11 heteroatoms. The van der Waals surface area contributed by atoms with Gasteiger partial charge in [-0.15, -0.1) is 0 Å². The molecule has 0 bridgehead atoms. The third kappa shape index (κ3) is 4.88. The SMILES string of the molecule is Cn1cc(-n2ccc(=O)c(Cc3cccc(-c4ncc(OCCn5cncn5)cn4)c3)n2)cn1. The molecule has 0 unspecified atom stereocenters. The lowest BCUT2D eigenvalue weighted by Crippen LogP contribution is -2.16. The van der Waals surface area contributed by atoms with Gasteiger partial charge in [0.2, 0.25) is 5.43 Å². The molecule has 4 aromatic heterocycles. The maximum absolute atomic E-state index is 12.4. The Balaban J connectivity index is 1.29. The summed E-state index contributed by atoms with van der Waals surface area (Å²) in [5.74, 6) is 1.14. The van der Waals surface area contributed by atoms with Crippen LogP contribution >= 0.6 is 0 Å². The van der Waals surface area contributed by atoms with Crippen molar-refractivity contribution in [2.75, 3.05) is 6.61 Å². The lowest BCUT2D eigenvalue weighted by Gasteiger charge is -2.08. The highest BCUT2D eigenvalue weighted by Gasteiger charge is 2.09. The number of hydrogen-bond acceptors (Lipinski definition) is 8. The second kappa shape index (κ2) is 9.45. The summed E-state index contributed by atoms with van der Waals surface area (Å²) >= 11 is 0. The molecule has 0 fully saturated rings. The molecule has 170 valence electrons. The Hall–Kier alpha value is -4.67. The Kier molecular flexibility index (Phi) is 5.89. The van der Waals surface area contributed by atoms with Gasteiger partial charge in [0.25, 0.3) is 0 Å². The molecule has 34 heavy (non-hydrogen) atoms. The van der Waals surface area contributed by atoms with Crippen molar-refractivity contribution in [3.8, 4) is 22.8 Å². The molecule has 1 aromatic carbocycles. The van der Waals surface area contributed by atoms with Gasteiger partial charge in [-0.2, -0.15) is 15.3 Å². The molecule has 0 atom stereocenters. The Morgan fingerprint density at radius 1 is 1.06 bits per heavy atom. The van der Waals surface area contributed by atoms with Crippen LogP contribution in [0.2, 0.25) is 0 Å². The van der Waals surface area contributed by atoms with Crippen molar-refractivity contribution in [1.29, 1.82) is 0 Å². The van der Waals surface area contributed by atoms with Gasteiger partial charge in [-0.05, 0) is 11.6 Å². The van der Waals surface area contributed by atoms with Gasteiger partial charge in [0, 0.05) is 31.3 Å². The Bertz CT molecular complexity index is 1440. The van der Waals surface area contributed by atoms with Gasteiger partial charge < -0.3 is 4.74 Å². The van der Waals surface area contributed by atoms with Gasteiger partial charge in [0.05, 0.1) is 31.3 Å². The fraction of sp³-hybridized carbons (Fsp3) is 0.174. The lowest BCUT2D eigenvalue weighted by molar-refractivity contribution is 0.289. The van der Waals surface area contributed by atoms with Crippen LogP contribution in [0.15, 0.2) is 78.8 Å². The third-order valence-electron chi connectivity index (χ3n) is 5.08. The van der Waals surface area contributed by atoms with E-state index in [0.717, 1.165) is 16.8 Å². The molecule has 0 aliphatic heterocycles. The number of aromatic nitrogens is 9. The highest BCUT2D eigenvalue weighted by molar-refractivity contribution is 5.56. The summed E-state index contributed by atoms with van der Waals surface area (Å²) < 4.78 is 10.7. The van der Waals surface area contributed by atoms with Crippen molar-refractivity contribution in [2.24, 2.45) is 7.05 Å². The van der Waals surface area contributed by atoms with E-state index in [1.54, 1.807) is 45.2 Å². The van der Waals surface area contributed by atoms with Crippen LogP contribution in [0.4, 0.5) is 0 Å². The van der Waals surface area contributed by atoms with E-state index in [-0.39, 0.29) is 5.43 Å².